The molecule has 0 aromatic heterocycles. The van der Waals surface area contributed by atoms with Crippen molar-refractivity contribution in [2.45, 2.75) is 20.3 Å². The molecular weight excluding hydrogens is 110 g/mol. The summed E-state index contributed by atoms with van der Waals surface area (Å²) in [6.07, 6.45) is 3.54. The SMILES string of the molecule is CC1=CCCNC[C@H]1C. The van der Waals surface area contributed by atoms with Gasteiger partial charge in [0.05, 0.1) is 0 Å². The highest BCUT2D eigenvalue weighted by atomic mass is 14.9. The van der Waals surface area contributed by atoms with Crippen LogP contribution in [0.3, 0.4) is 0 Å². The molecule has 0 aromatic carbocycles. The molecule has 1 N–H and O–H groups in total. The van der Waals surface area contributed by atoms with E-state index >= 15 is 0 Å². The van der Waals surface area contributed by atoms with Crippen LogP contribution in [0.5, 0.6) is 0 Å². The Kier molecular flexibility index (Phi) is 2.29. The Balaban J connectivity index is 2.51. The molecule has 0 radical (unpaired) electrons. The zero-order chi connectivity index (χ0) is 6.69. The fourth-order valence-corrected chi connectivity index (χ4v) is 1.08. The van der Waals surface area contributed by atoms with E-state index in [1.54, 1.807) is 5.57 Å². The van der Waals surface area contributed by atoms with Gasteiger partial charge >= 0.3 is 0 Å². The van der Waals surface area contributed by atoms with Crippen LogP contribution < -0.4 is 5.32 Å². The van der Waals surface area contributed by atoms with Gasteiger partial charge in [-0.3, -0.25) is 0 Å². The molecule has 0 aliphatic carbocycles. The summed E-state index contributed by atoms with van der Waals surface area (Å²) in [5.41, 5.74) is 1.54. The van der Waals surface area contributed by atoms with Gasteiger partial charge in [0.15, 0.2) is 0 Å². The summed E-state index contributed by atoms with van der Waals surface area (Å²) < 4.78 is 0. The average molecular weight is 125 g/mol. The van der Waals surface area contributed by atoms with Gasteiger partial charge in [-0.05, 0) is 25.8 Å². The van der Waals surface area contributed by atoms with E-state index < -0.39 is 0 Å². The fraction of sp³-hybridized carbons (Fsp3) is 0.750. The molecule has 1 atom stereocenters. The van der Waals surface area contributed by atoms with Gasteiger partial charge in [-0.1, -0.05) is 18.6 Å². The molecule has 0 saturated carbocycles. The van der Waals surface area contributed by atoms with Crippen molar-refractivity contribution in [3.63, 3.8) is 0 Å². The van der Waals surface area contributed by atoms with Gasteiger partial charge < -0.3 is 5.32 Å². The van der Waals surface area contributed by atoms with Crippen LogP contribution in [-0.2, 0) is 0 Å². The average Bonchev–Trinajstić information content (AvgIpc) is 1.99. The van der Waals surface area contributed by atoms with E-state index in [0.717, 1.165) is 19.0 Å². The Labute approximate surface area is 57.1 Å². The first-order chi connectivity index (χ1) is 4.30. The van der Waals surface area contributed by atoms with Crippen molar-refractivity contribution in [2.75, 3.05) is 13.1 Å². The normalized spacial score (nSPS) is 29.1. The largest absolute Gasteiger partial charge is 0.316 e. The van der Waals surface area contributed by atoms with Crippen LogP contribution in [0.1, 0.15) is 20.3 Å². The van der Waals surface area contributed by atoms with Crippen LogP contribution in [0, 0.1) is 5.92 Å². The molecule has 1 heteroatoms. The van der Waals surface area contributed by atoms with Crippen LogP contribution in [0.25, 0.3) is 0 Å². The molecule has 1 heterocycles. The van der Waals surface area contributed by atoms with Crippen molar-refractivity contribution in [1.29, 1.82) is 0 Å². The first kappa shape index (κ1) is 6.81. The van der Waals surface area contributed by atoms with Crippen molar-refractivity contribution < 1.29 is 0 Å². The van der Waals surface area contributed by atoms with E-state index in [2.05, 4.69) is 25.2 Å². The Morgan fingerprint density at radius 1 is 1.67 bits per heavy atom. The molecule has 0 amide bonds. The van der Waals surface area contributed by atoms with Gasteiger partial charge in [-0.25, -0.2) is 0 Å². The van der Waals surface area contributed by atoms with Crippen molar-refractivity contribution >= 4 is 0 Å². The number of nitrogens with one attached hydrogen (secondary N) is 1. The van der Waals surface area contributed by atoms with Gasteiger partial charge in [0.1, 0.15) is 0 Å². The number of hydrogen-bond acceptors (Lipinski definition) is 1. The van der Waals surface area contributed by atoms with Crippen molar-refractivity contribution in [1.82, 2.24) is 5.32 Å². The van der Waals surface area contributed by atoms with Gasteiger partial charge in [0, 0.05) is 6.54 Å². The summed E-state index contributed by atoms with van der Waals surface area (Å²) in [4.78, 5) is 0. The molecule has 52 valence electrons. The third-order valence-electron chi connectivity index (χ3n) is 2.02. The lowest BCUT2D eigenvalue weighted by Gasteiger charge is -2.07. The molecule has 1 rings (SSSR count). The molecule has 1 nitrogen and oxygen atoms in total. The number of hydrogen-bond donors (Lipinski definition) is 1. The maximum atomic E-state index is 3.38. The summed E-state index contributed by atoms with van der Waals surface area (Å²) in [6.45, 7) is 6.80. The van der Waals surface area contributed by atoms with Crippen LogP contribution in [-0.4, -0.2) is 13.1 Å². The van der Waals surface area contributed by atoms with Crippen LogP contribution in [0.2, 0.25) is 0 Å². The van der Waals surface area contributed by atoms with Crippen LogP contribution in [0.15, 0.2) is 11.6 Å². The lowest BCUT2D eigenvalue weighted by molar-refractivity contribution is 0.597. The monoisotopic (exact) mass is 125 g/mol. The lowest BCUT2D eigenvalue weighted by Crippen LogP contribution is -2.19. The molecule has 9 heavy (non-hydrogen) atoms. The Bertz CT molecular complexity index is 116. The summed E-state index contributed by atoms with van der Waals surface area (Å²) in [5, 5.41) is 3.38. The third kappa shape index (κ3) is 1.83. The van der Waals surface area contributed by atoms with Gasteiger partial charge in [0.2, 0.25) is 0 Å². The van der Waals surface area contributed by atoms with Gasteiger partial charge in [-0.15, -0.1) is 0 Å². The predicted molar refractivity (Wildman–Crippen MR) is 40.4 cm³/mol. The maximum Gasteiger partial charge on any atom is 0.00142 e. The number of rotatable bonds is 0. The quantitative estimate of drug-likeness (QED) is 0.484. The smallest absolute Gasteiger partial charge is 0.00142 e. The first-order valence-electron chi connectivity index (χ1n) is 3.68. The summed E-state index contributed by atoms with van der Waals surface area (Å²) in [6, 6.07) is 0. The lowest BCUT2D eigenvalue weighted by atomic mass is 10.0. The highest BCUT2D eigenvalue weighted by molar-refractivity contribution is 5.04. The molecule has 1 aliphatic heterocycles. The maximum absolute atomic E-state index is 3.38. The molecule has 0 unspecified atom stereocenters. The second kappa shape index (κ2) is 3.02. The summed E-state index contributed by atoms with van der Waals surface area (Å²) >= 11 is 0. The van der Waals surface area contributed by atoms with E-state index in [1.165, 1.54) is 6.42 Å². The van der Waals surface area contributed by atoms with E-state index in [4.69, 9.17) is 0 Å². The minimum atomic E-state index is 0.743. The van der Waals surface area contributed by atoms with Crippen molar-refractivity contribution in [3.05, 3.63) is 11.6 Å². The van der Waals surface area contributed by atoms with Crippen molar-refractivity contribution in [2.24, 2.45) is 5.92 Å². The molecule has 0 aromatic rings. The Morgan fingerprint density at radius 3 is 3.22 bits per heavy atom. The molecule has 0 spiro atoms. The molecule has 0 bridgehead atoms. The zero-order valence-electron chi connectivity index (χ0n) is 6.28. The first-order valence-corrected chi connectivity index (χ1v) is 3.68. The predicted octanol–water partition coefficient (Wildman–Crippen LogP) is 1.56. The Hall–Kier alpha value is -0.300. The second-order valence-corrected chi connectivity index (χ2v) is 2.84. The standard InChI is InChI=1S/C8H15N/c1-7-4-3-5-9-6-8(7)2/h4,8-9H,3,5-6H2,1-2H3/t8-/m1/s1. The second-order valence-electron chi connectivity index (χ2n) is 2.84. The molecule has 0 fully saturated rings. The molecule has 1 aliphatic rings. The van der Waals surface area contributed by atoms with E-state index in [9.17, 15) is 0 Å². The van der Waals surface area contributed by atoms with Gasteiger partial charge in [-0.2, -0.15) is 0 Å². The third-order valence-corrected chi connectivity index (χ3v) is 2.02. The molecule has 0 saturated heterocycles. The van der Waals surface area contributed by atoms with Crippen LogP contribution >= 0.6 is 0 Å². The fourth-order valence-electron chi connectivity index (χ4n) is 1.08. The van der Waals surface area contributed by atoms with Crippen molar-refractivity contribution in [3.8, 4) is 0 Å². The zero-order valence-corrected chi connectivity index (χ0v) is 6.28. The highest BCUT2D eigenvalue weighted by Gasteiger charge is 2.05. The summed E-state index contributed by atoms with van der Waals surface area (Å²) in [5.74, 6) is 0.743. The van der Waals surface area contributed by atoms with Gasteiger partial charge in [0.25, 0.3) is 0 Å². The van der Waals surface area contributed by atoms with E-state index in [-0.39, 0.29) is 0 Å². The summed E-state index contributed by atoms with van der Waals surface area (Å²) in [7, 11) is 0. The van der Waals surface area contributed by atoms with E-state index in [1.807, 2.05) is 0 Å². The highest BCUT2D eigenvalue weighted by Crippen LogP contribution is 2.10. The minimum absolute atomic E-state index is 0.743. The van der Waals surface area contributed by atoms with E-state index in [0.29, 0.717) is 0 Å². The molecular formula is C8H15N. The topological polar surface area (TPSA) is 12.0 Å². The minimum Gasteiger partial charge on any atom is -0.316 e. The Morgan fingerprint density at radius 2 is 2.44 bits per heavy atom. The van der Waals surface area contributed by atoms with Crippen LogP contribution in [0.4, 0.5) is 0 Å².